The molecule has 0 aromatic carbocycles. The number of nitrogens with zero attached hydrogens (tertiary/aromatic N) is 3. The van der Waals surface area contributed by atoms with E-state index in [9.17, 15) is 4.79 Å². The summed E-state index contributed by atoms with van der Waals surface area (Å²) in [5, 5.41) is 3.86. The Bertz CT molecular complexity index is 460. The molecule has 1 aromatic heterocycles. The first-order valence-electron chi connectivity index (χ1n) is 6.88. The third-order valence-electron chi connectivity index (χ3n) is 3.90. The molecule has 6 heteroatoms. The van der Waals surface area contributed by atoms with Gasteiger partial charge in [-0.15, -0.1) is 0 Å². The zero-order chi connectivity index (χ0) is 14.7. The van der Waals surface area contributed by atoms with Crippen molar-refractivity contribution in [2.24, 2.45) is 0 Å². The van der Waals surface area contributed by atoms with E-state index in [4.69, 9.17) is 9.26 Å². The van der Waals surface area contributed by atoms with Crippen molar-refractivity contribution in [2.45, 2.75) is 31.9 Å². The molecular formula is C14H23N3O3. The highest BCUT2D eigenvalue weighted by Gasteiger charge is 2.30. The first-order chi connectivity index (χ1) is 9.49. The van der Waals surface area contributed by atoms with Crippen LogP contribution in [0.3, 0.4) is 0 Å². The third kappa shape index (κ3) is 3.58. The molecule has 6 nitrogen and oxygen atoms in total. The summed E-state index contributed by atoms with van der Waals surface area (Å²) in [6.07, 6.45) is 1.53. The van der Waals surface area contributed by atoms with Crippen molar-refractivity contribution in [2.75, 3.05) is 34.3 Å². The molecule has 2 atom stereocenters. The lowest BCUT2D eigenvalue weighted by molar-refractivity contribution is -0.129. The number of carbonyl (C=O) groups excluding carboxylic acids is 1. The van der Waals surface area contributed by atoms with Crippen LogP contribution < -0.4 is 0 Å². The fourth-order valence-corrected chi connectivity index (χ4v) is 2.62. The van der Waals surface area contributed by atoms with Crippen LogP contribution in [-0.4, -0.2) is 67.3 Å². The molecule has 0 saturated carbocycles. The smallest absolute Gasteiger partial charge is 0.228 e. The minimum atomic E-state index is 0.0626. The van der Waals surface area contributed by atoms with Crippen LogP contribution in [0.1, 0.15) is 17.9 Å². The summed E-state index contributed by atoms with van der Waals surface area (Å²) in [6.45, 7) is 3.46. The van der Waals surface area contributed by atoms with Crippen LogP contribution in [0.4, 0.5) is 0 Å². The molecule has 2 heterocycles. The number of likely N-dealkylation sites (N-methyl/N-ethyl adjacent to an activating group) is 2. The first-order valence-corrected chi connectivity index (χ1v) is 6.88. The zero-order valence-electron chi connectivity index (χ0n) is 12.6. The molecule has 1 amide bonds. The van der Waals surface area contributed by atoms with Gasteiger partial charge >= 0.3 is 0 Å². The maximum Gasteiger partial charge on any atom is 0.228 e. The Morgan fingerprint density at radius 1 is 1.65 bits per heavy atom. The highest BCUT2D eigenvalue weighted by atomic mass is 16.5. The summed E-state index contributed by atoms with van der Waals surface area (Å²) in [7, 11) is 5.65. The largest absolute Gasteiger partial charge is 0.380 e. The monoisotopic (exact) mass is 281 g/mol. The van der Waals surface area contributed by atoms with Gasteiger partial charge in [0, 0.05) is 39.4 Å². The van der Waals surface area contributed by atoms with E-state index in [-0.39, 0.29) is 18.4 Å². The maximum atomic E-state index is 12.2. The first kappa shape index (κ1) is 15.0. The second-order valence-electron chi connectivity index (χ2n) is 5.57. The van der Waals surface area contributed by atoms with Crippen molar-refractivity contribution < 1.29 is 14.1 Å². The zero-order valence-corrected chi connectivity index (χ0v) is 12.6. The lowest BCUT2D eigenvalue weighted by Gasteiger charge is -2.25. The number of rotatable bonds is 5. The Balaban J connectivity index is 1.85. The normalized spacial score (nSPS) is 23.2. The van der Waals surface area contributed by atoms with Gasteiger partial charge in [0.05, 0.1) is 18.2 Å². The van der Waals surface area contributed by atoms with Gasteiger partial charge in [-0.1, -0.05) is 5.16 Å². The molecular weight excluding hydrogens is 258 g/mol. The third-order valence-corrected chi connectivity index (χ3v) is 3.90. The predicted molar refractivity (Wildman–Crippen MR) is 74.4 cm³/mol. The van der Waals surface area contributed by atoms with Gasteiger partial charge in [0.15, 0.2) is 0 Å². The Morgan fingerprint density at radius 3 is 2.95 bits per heavy atom. The molecule has 1 aliphatic heterocycles. The lowest BCUT2D eigenvalue weighted by Crippen LogP contribution is -2.40. The van der Waals surface area contributed by atoms with E-state index in [0.29, 0.717) is 18.3 Å². The summed E-state index contributed by atoms with van der Waals surface area (Å²) in [5.74, 6) is 0.793. The number of amides is 1. The standard InChI is InChI=1S/C14H23N3O3/c1-10-5-11(15-20-10)6-14(18)17(3)8-12-7-13(19-4)9-16(12)2/h5,12-13H,6-9H2,1-4H3/t12-,13-/m0/s1. The molecule has 1 saturated heterocycles. The molecule has 0 radical (unpaired) electrons. The molecule has 1 fully saturated rings. The van der Waals surface area contributed by atoms with E-state index in [0.717, 1.165) is 18.7 Å². The summed E-state index contributed by atoms with van der Waals surface area (Å²) in [4.78, 5) is 16.2. The molecule has 0 bridgehead atoms. The second kappa shape index (κ2) is 6.37. The van der Waals surface area contributed by atoms with E-state index >= 15 is 0 Å². The molecule has 0 unspecified atom stereocenters. The molecule has 2 rings (SSSR count). The molecule has 0 aliphatic carbocycles. The predicted octanol–water partition coefficient (Wildman–Crippen LogP) is 0.703. The van der Waals surface area contributed by atoms with Gasteiger partial charge in [-0.05, 0) is 20.4 Å². The van der Waals surface area contributed by atoms with E-state index < -0.39 is 0 Å². The van der Waals surface area contributed by atoms with Gasteiger partial charge in [0.1, 0.15) is 5.76 Å². The average molecular weight is 281 g/mol. The molecule has 112 valence electrons. The van der Waals surface area contributed by atoms with E-state index in [1.54, 1.807) is 18.1 Å². The summed E-state index contributed by atoms with van der Waals surface area (Å²) >= 11 is 0. The number of ether oxygens (including phenoxy) is 1. The summed E-state index contributed by atoms with van der Waals surface area (Å²) < 4.78 is 10.4. The SMILES string of the molecule is CO[C@H]1C[C@@H](CN(C)C(=O)Cc2cc(C)on2)N(C)C1. The van der Waals surface area contributed by atoms with Gasteiger partial charge < -0.3 is 14.2 Å². The van der Waals surface area contributed by atoms with Crippen molar-refractivity contribution in [1.82, 2.24) is 15.0 Å². The minimum absolute atomic E-state index is 0.0626. The quantitative estimate of drug-likeness (QED) is 0.795. The van der Waals surface area contributed by atoms with Gasteiger partial charge in [0.25, 0.3) is 0 Å². The molecule has 1 aliphatic rings. The molecule has 0 spiro atoms. The van der Waals surface area contributed by atoms with Gasteiger partial charge in [0.2, 0.25) is 5.91 Å². The number of likely N-dealkylation sites (tertiary alicyclic amines) is 1. The van der Waals surface area contributed by atoms with Gasteiger partial charge in [-0.2, -0.15) is 0 Å². The number of aromatic nitrogens is 1. The number of hydrogen-bond acceptors (Lipinski definition) is 5. The lowest BCUT2D eigenvalue weighted by atomic mass is 10.2. The van der Waals surface area contributed by atoms with Crippen LogP contribution >= 0.6 is 0 Å². The second-order valence-corrected chi connectivity index (χ2v) is 5.57. The van der Waals surface area contributed by atoms with E-state index in [1.165, 1.54) is 0 Å². The van der Waals surface area contributed by atoms with Crippen LogP contribution in [-0.2, 0) is 16.0 Å². The average Bonchev–Trinajstić information content (AvgIpc) is 2.96. The van der Waals surface area contributed by atoms with Crippen molar-refractivity contribution in [3.8, 4) is 0 Å². The molecule has 0 N–H and O–H groups in total. The Morgan fingerprint density at radius 2 is 2.40 bits per heavy atom. The van der Waals surface area contributed by atoms with Crippen LogP contribution in [0.2, 0.25) is 0 Å². The van der Waals surface area contributed by atoms with Crippen LogP contribution in [0.15, 0.2) is 10.6 Å². The molecule has 1 aromatic rings. The number of methoxy groups -OCH3 is 1. The Hall–Kier alpha value is -1.40. The Labute approximate surface area is 119 Å². The Kier molecular flexibility index (Phi) is 4.77. The number of aryl methyl sites for hydroxylation is 1. The van der Waals surface area contributed by atoms with E-state index in [1.807, 2.05) is 14.0 Å². The fraction of sp³-hybridized carbons (Fsp3) is 0.714. The van der Waals surface area contributed by atoms with Crippen LogP contribution in [0, 0.1) is 6.92 Å². The number of hydrogen-bond donors (Lipinski definition) is 0. The topological polar surface area (TPSA) is 58.8 Å². The van der Waals surface area contributed by atoms with E-state index in [2.05, 4.69) is 17.1 Å². The van der Waals surface area contributed by atoms with Crippen molar-refractivity contribution in [1.29, 1.82) is 0 Å². The van der Waals surface area contributed by atoms with Crippen molar-refractivity contribution in [3.63, 3.8) is 0 Å². The maximum absolute atomic E-state index is 12.2. The minimum Gasteiger partial charge on any atom is -0.380 e. The van der Waals surface area contributed by atoms with Gasteiger partial charge in [-0.3, -0.25) is 9.69 Å². The molecule has 20 heavy (non-hydrogen) atoms. The van der Waals surface area contributed by atoms with Crippen LogP contribution in [0.5, 0.6) is 0 Å². The fourth-order valence-electron chi connectivity index (χ4n) is 2.62. The summed E-state index contributed by atoms with van der Waals surface area (Å²) in [5.41, 5.74) is 0.689. The van der Waals surface area contributed by atoms with Crippen LogP contribution in [0.25, 0.3) is 0 Å². The highest BCUT2D eigenvalue weighted by Crippen LogP contribution is 2.18. The number of carbonyl (C=O) groups is 1. The van der Waals surface area contributed by atoms with Crippen molar-refractivity contribution >= 4 is 5.91 Å². The van der Waals surface area contributed by atoms with Crippen molar-refractivity contribution in [3.05, 3.63) is 17.5 Å². The highest BCUT2D eigenvalue weighted by molar-refractivity contribution is 5.78. The van der Waals surface area contributed by atoms with Gasteiger partial charge in [-0.25, -0.2) is 0 Å². The summed E-state index contributed by atoms with van der Waals surface area (Å²) in [6, 6.07) is 2.15.